The predicted molar refractivity (Wildman–Crippen MR) is 74.6 cm³/mol. The maximum absolute atomic E-state index is 11.6. The van der Waals surface area contributed by atoms with Gasteiger partial charge in [-0.25, -0.2) is 0 Å². The highest BCUT2D eigenvalue weighted by Crippen LogP contribution is 2.37. The Hall–Kier alpha value is -0.570. The van der Waals surface area contributed by atoms with Gasteiger partial charge in [-0.3, -0.25) is 9.69 Å². The summed E-state index contributed by atoms with van der Waals surface area (Å²) in [6.07, 6.45) is 7.02. The average molecular weight is 255 g/mol. The first-order chi connectivity index (χ1) is 8.65. The Morgan fingerprint density at radius 1 is 1.17 bits per heavy atom. The molecule has 0 N–H and O–H groups in total. The zero-order valence-corrected chi connectivity index (χ0v) is 12.3. The largest absolute Gasteiger partial charge is 0.465 e. The molecule has 0 aromatic rings. The number of likely N-dealkylation sites (tertiary alicyclic amines) is 1. The van der Waals surface area contributed by atoms with Gasteiger partial charge in [0.15, 0.2) is 0 Å². The molecule has 1 rings (SSSR count). The normalized spacial score (nSPS) is 19.7. The summed E-state index contributed by atoms with van der Waals surface area (Å²) in [6.45, 7) is 9.84. The predicted octanol–water partition coefficient (Wildman–Crippen LogP) is 3.23. The summed E-state index contributed by atoms with van der Waals surface area (Å²) in [4.78, 5) is 13.9. The van der Waals surface area contributed by atoms with Gasteiger partial charge in [-0.1, -0.05) is 40.0 Å². The highest BCUT2D eigenvalue weighted by Gasteiger charge is 2.31. The third-order valence-electron chi connectivity index (χ3n) is 4.53. The maximum atomic E-state index is 11.6. The molecular formula is C15H29NO2. The van der Waals surface area contributed by atoms with E-state index in [1.807, 2.05) is 0 Å². The van der Waals surface area contributed by atoms with Crippen LogP contribution in [0.5, 0.6) is 0 Å². The van der Waals surface area contributed by atoms with Gasteiger partial charge in [0.25, 0.3) is 0 Å². The van der Waals surface area contributed by atoms with E-state index in [2.05, 4.69) is 25.7 Å². The first-order valence-corrected chi connectivity index (χ1v) is 7.53. The summed E-state index contributed by atoms with van der Waals surface area (Å²) in [5, 5.41) is 0. The van der Waals surface area contributed by atoms with E-state index >= 15 is 0 Å². The van der Waals surface area contributed by atoms with E-state index in [4.69, 9.17) is 4.74 Å². The van der Waals surface area contributed by atoms with Gasteiger partial charge in [0.2, 0.25) is 0 Å². The van der Waals surface area contributed by atoms with Crippen LogP contribution in [-0.4, -0.2) is 37.1 Å². The van der Waals surface area contributed by atoms with Gasteiger partial charge in [-0.15, -0.1) is 0 Å². The molecule has 0 aromatic heterocycles. The van der Waals surface area contributed by atoms with E-state index in [1.54, 1.807) is 0 Å². The van der Waals surface area contributed by atoms with Gasteiger partial charge >= 0.3 is 5.97 Å². The molecule has 3 nitrogen and oxygen atoms in total. The summed E-state index contributed by atoms with van der Waals surface area (Å²) in [5.74, 6) is -0.0519. The minimum absolute atomic E-state index is 0.0519. The zero-order valence-electron chi connectivity index (χ0n) is 12.3. The van der Waals surface area contributed by atoms with E-state index < -0.39 is 0 Å². The summed E-state index contributed by atoms with van der Waals surface area (Å²) >= 11 is 0. The monoisotopic (exact) mass is 255 g/mol. The van der Waals surface area contributed by atoms with Crippen LogP contribution in [0.1, 0.15) is 59.3 Å². The second kappa shape index (κ2) is 7.78. The molecule has 18 heavy (non-hydrogen) atoms. The lowest BCUT2D eigenvalue weighted by Crippen LogP contribution is -2.42. The molecule has 3 heteroatoms. The molecule has 0 bridgehead atoms. The van der Waals surface area contributed by atoms with Crippen molar-refractivity contribution in [1.82, 2.24) is 4.90 Å². The van der Waals surface area contributed by atoms with E-state index in [9.17, 15) is 4.79 Å². The fourth-order valence-electron chi connectivity index (χ4n) is 2.70. The van der Waals surface area contributed by atoms with Crippen molar-refractivity contribution in [2.24, 2.45) is 5.41 Å². The fourth-order valence-corrected chi connectivity index (χ4v) is 2.70. The molecule has 1 aliphatic heterocycles. The first-order valence-electron chi connectivity index (χ1n) is 7.53. The van der Waals surface area contributed by atoms with Gasteiger partial charge in [0.1, 0.15) is 0 Å². The van der Waals surface area contributed by atoms with Crippen LogP contribution in [0.15, 0.2) is 0 Å². The number of piperidine rings is 1. The lowest BCUT2D eigenvalue weighted by Gasteiger charge is -2.40. The second-order valence-corrected chi connectivity index (χ2v) is 5.56. The van der Waals surface area contributed by atoms with Crippen LogP contribution in [0.2, 0.25) is 0 Å². The molecule has 0 spiro atoms. The van der Waals surface area contributed by atoms with E-state index in [1.165, 1.54) is 25.7 Å². The number of nitrogens with zero attached hydrogens (tertiary/aromatic N) is 1. The summed E-state index contributed by atoms with van der Waals surface area (Å²) < 4.78 is 5.21. The molecule has 1 heterocycles. The van der Waals surface area contributed by atoms with Gasteiger partial charge < -0.3 is 4.74 Å². The Morgan fingerprint density at radius 2 is 1.78 bits per heavy atom. The summed E-state index contributed by atoms with van der Waals surface area (Å²) in [7, 11) is 0. The number of esters is 1. The molecule has 0 unspecified atom stereocenters. The topological polar surface area (TPSA) is 29.5 Å². The number of ether oxygens (including phenoxy) is 1. The van der Waals surface area contributed by atoms with Crippen molar-refractivity contribution >= 4 is 5.97 Å². The minimum Gasteiger partial charge on any atom is -0.465 e. The highest BCUT2D eigenvalue weighted by molar-refractivity contribution is 5.71. The number of hydrogen-bond acceptors (Lipinski definition) is 3. The van der Waals surface area contributed by atoms with Crippen molar-refractivity contribution in [3.8, 4) is 0 Å². The standard InChI is InChI=1S/C15H29NO2/c1-4-7-12-18-14(17)13-16-10-8-15(5-2,6-3)9-11-16/h4-13H2,1-3H3. The van der Waals surface area contributed by atoms with Crippen molar-refractivity contribution in [3.63, 3.8) is 0 Å². The quantitative estimate of drug-likeness (QED) is 0.517. The number of rotatable bonds is 7. The SMILES string of the molecule is CCCCOC(=O)CN1CCC(CC)(CC)CC1. The van der Waals surface area contributed by atoms with E-state index in [-0.39, 0.29) is 5.97 Å². The molecule has 0 radical (unpaired) electrons. The van der Waals surface area contributed by atoms with Gasteiger partial charge in [0, 0.05) is 0 Å². The maximum Gasteiger partial charge on any atom is 0.320 e. The fraction of sp³-hybridized carbons (Fsp3) is 0.933. The number of hydrogen-bond donors (Lipinski definition) is 0. The third kappa shape index (κ3) is 4.60. The molecule has 0 aliphatic carbocycles. The van der Waals surface area contributed by atoms with Crippen molar-refractivity contribution < 1.29 is 9.53 Å². The van der Waals surface area contributed by atoms with Crippen molar-refractivity contribution in [2.75, 3.05) is 26.2 Å². The third-order valence-corrected chi connectivity index (χ3v) is 4.53. The van der Waals surface area contributed by atoms with Crippen molar-refractivity contribution in [3.05, 3.63) is 0 Å². The zero-order chi connectivity index (χ0) is 13.4. The van der Waals surface area contributed by atoms with Crippen LogP contribution in [-0.2, 0) is 9.53 Å². The summed E-state index contributed by atoms with van der Waals surface area (Å²) in [6, 6.07) is 0. The van der Waals surface area contributed by atoms with Crippen LogP contribution < -0.4 is 0 Å². The Bertz CT molecular complexity index is 239. The number of carbonyl (C=O) groups is 1. The van der Waals surface area contributed by atoms with E-state index in [0.29, 0.717) is 18.6 Å². The first kappa shape index (κ1) is 15.5. The average Bonchev–Trinajstić information content (AvgIpc) is 2.40. The molecule has 106 valence electrons. The molecule has 0 atom stereocenters. The Kier molecular flexibility index (Phi) is 6.69. The van der Waals surface area contributed by atoms with Crippen LogP contribution in [0, 0.1) is 5.41 Å². The van der Waals surface area contributed by atoms with Crippen LogP contribution in [0.4, 0.5) is 0 Å². The molecule has 0 aromatic carbocycles. The number of unbranched alkanes of at least 4 members (excludes halogenated alkanes) is 1. The van der Waals surface area contributed by atoms with Crippen LogP contribution in [0.25, 0.3) is 0 Å². The van der Waals surface area contributed by atoms with Crippen molar-refractivity contribution in [1.29, 1.82) is 0 Å². The van der Waals surface area contributed by atoms with Gasteiger partial charge in [0.05, 0.1) is 13.2 Å². The van der Waals surface area contributed by atoms with Crippen LogP contribution >= 0.6 is 0 Å². The molecule has 0 saturated carbocycles. The highest BCUT2D eigenvalue weighted by atomic mass is 16.5. The van der Waals surface area contributed by atoms with Crippen LogP contribution in [0.3, 0.4) is 0 Å². The Labute approximate surface area is 112 Å². The molecule has 1 fully saturated rings. The minimum atomic E-state index is -0.0519. The smallest absolute Gasteiger partial charge is 0.320 e. The Morgan fingerprint density at radius 3 is 2.28 bits per heavy atom. The van der Waals surface area contributed by atoms with E-state index in [0.717, 1.165) is 25.9 Å². The Balaban J connectivity index is 2.24. The molecule has 0 amide bonds. The molecule has 1 aliphatic rings. The molecule has 1 saturated heterocycles. The van der Waals surface area contributed by atoms with Gasteiger partial charge in [-0.2, -0.15) is 0 Å². The summed E-state index contributed by atoms with van der Waals surface area (Å²) in [5.41, 5.74) is 0.530. The van der Waals surface area contributed by atoms with Crippen molar-refractivity contribution in [2.45, 2.75) is 59.3 Å². The lowest BCUT2D eigenvalue weighted by atomic mass is 9.74. The lowest BCUT2D eigenvalue weighted by molar-refractivity contribution is -0.145. The molecular weight excluding hydrogens is 226 g/mol. The van der Waals surface area contributed by atoms with Gasteiger partial charge in [-0.05, 0) is 37.8 Å². The second-order valence-electron chi connectivity index (χ2n) is 5.56. The number of carbonyl (C=O) groups excluding carboxylic acids is 1.